The fourth-order valence-corrected chi connectivity index (χ4v) is 5.30. The van der Waals surface area contributed by atoms with E-state index in [0.29, 0.717) is 17.1 Å². The van der Waals surface area contributed by atoms with E-state index in [1.807, 2.05) is 37.3 Å². The number of ether oxygens (including phenoxy) is 4. The molecule has 0 bridgehead atoms. The van der Waals surface area contributed by atoms with Crippen LogP contribution in [0.25, 0.3) is 0 Å². The van der Waals surface area contributed by atoms with Crippen LogP contribution in [0.2, 0.25) is 0 Å². The molecule has 1 fully saturated rings. The highest BCUT2D eigenvalue weighted by atomic mass is 19.3. The van der Waals surface area contributed by atoms with E-state index in [-0.39, 0.29) is 43.8 Å². The Morgan fingerprint density at radius 1 is 0.956 bits per heavy atom. The van der Waals surface area contributed by atoms with E-state index in [2.05, 4.69) is 5.32 Å². The number of nitrogens with zero attached hydrogens (tertiary/aromatic N) is 1. The van der Waals surface area contributed by atoms with Crippen LogP contribution < -0.4 is 14.8 Å². The number of Topliss-reactive ketones (excluding diaryl/α,β-unsaturated/α-hetero) is 1. The van der Waals surface area contributed by atoms with Gasteiger partial charge in [-0.15, -0.1) is 0 Å². The molecule has 9 nitrogen and oxygen atoms in total. The van der Waals surface area contributed by atoms with E-state index in [1.165, 1.54) is 11.8 Å². The fourth-order valence-electron chi connectivity index (χ4n) is 5.30. The van der Waals surface area contributed by atoms with Gasteiger partial charge in [-0.1, -0.05) is 30.3 Å². The van der Waals surface area contributed by atoms with Crippen molar-refractivity contribution < 1.29 is 42.1 Å². The SMILES string of the molecule is CCOc1cc([C@@H](C)N(CCO[C@@H](C)c2ccccc2)C(=O)NC2(C(=O)OC(C)(C)C)CC(F)(F)C2)cc(OCC)c1C(C)=O. The quantitative estimate of drug-likeness (QED) is 0.176. The summed E-state index contributed by atoms with van der Waals surface area (Å²) in [4.78, 5) is 41.1. The van der Waals surface area contributed by atoms with Gasteiger partial charge >= 0.3 is 12.0 Å². The smallest absolute Gasteiger partial charge is 0.332 e. The van der Waals surface area contributed by atoms with Gasteiger partial charge in [0.25, 0.3) is 5.92 Å². The number of urea groups is 1. The predicted octanol–water partition coefficient (Wildman–Crippen LogP) is 7.05. The molecule has 2 atom stereocenters. The molecule has 0 unspecified atom stereocenters. The molecule has 1 N–H and O–H groups in total. The third-order valence-corrected chi connectivity index (χ3v) is 7.48. The molecule has 0 radical (unpaired) electrons. The third kappa shape index (κ3) is 9.15. The summed E-state index contributed by atoms with van der Waals surface area (Å²) >= 11 is 0. The van der Waals surface area contributed by atoms with Crippen LogP contribution in [0.3, 0.4) is 0 Å². The Morgan fingerprint density at radius 2 is 1.51 bits per heavy atom. The van der Waals surface area contributed by atoms with Crippen LogP contribution in [0, 0.1) is 0 Å². The summed E-state index contributed by atoms with van der Waals surface area (Å²) in [6.45, 7) is 14.2. The van der Waals surface area contributed by atoms with Crippen LogP contribution >= 0.6 is 0 Å². The number of carbonyl (C=O) groups is 3. The van der Waals surface area contributed by atoms with Crippen LogP contribution in [0.15, 0.2) is 42.5 Å². The average molecular weight is 633 g/mol. The Morgan fingerprint density at radius 3 is 1.98 bits per heavy atom. The highest BCUT2D eigenvalue weighted by Crippen LogP contribution is 2.47. The van der Waals surface area contributed by atoms with Crippen molar-refractivity contribution in [1.29, 1.82) is 0 Å². The van der Waals surface area contributed by atoms with Crippen molar-refractivity contribution in [2.45, 2.75) is 97.4 Å². The topological polar surface area (TPSA) is 103 Å². The monoisotopic (exact) mass is 632 g/mol. The van der Waals surface area contributed by atoms with Crippen molar-refractivity contribution in [3.05, 3.63) is 59.2 Å². The van der Waals surface area contributed by atoms with E-state index >= 15 is 0 Å². The lowest BCUT2D eigenvalue weighted by Crippen LogP contribution is -2.69. The second kappa shape index (κ2) is 14.6. The number of hydrogen-bond acceptors (Lipinski definition) is 7. The number of halogens is 2. The number of rotatable bonds is 14. The lowest BCUT2D eigenvalue weighted by Gasteiger charge is -2.47. The number of benzene rings is 2. The summed E-state index contributed by atoms with van der Waals surface area (Å²) in [6, 6.07) is 11.5. The molecule has 45 heavy (non-hydrogen) atoms. The molecule has 3 rings (SSSR count). The van der Waals surface area contributed by atoms with Gasteiger partial charge < -0.3 is 29.2 Å². The molecule has 11 heteroatoms. The van der Waals surface area contributed by atoms with Crippen molar-refractivity contribution in [1.82, 2.24) is 10.2 Å². The van der Waals surface area contributed by atoms with Crippen LogP contribution in [0.5, 0.6) is 11.5 Å². The lowest BCUT2D eigenvalue weighted by atomic mass is 9.73. The first kappa shape index (κ1) is 35.7. The van der Waals surface area contributed by atoms with Gasteiger partial charge in [-0.05, 0) is 78.6 Å². The number of alkyl halides is 2. The van der Waals surface area contributed by atoms with Gasteiger partial charge in [-0.2, -0.15) is 0 Å². The van der Waals surface area contributed by atoms with Gasteiger partial charge in [-0.3, -0.25) is 4.79 Å². The summed E-state index contributed by atoms with van der Waals surface area (Å²) in [5, 5.41) is 2.60. The van der Waals surface area contributed by atoms with Crippen molar-refractivity contribution in [2.24, 2.45) is 0 Å². The Kier molecular flexibility index (Phi) is 11.6. The van der Waals surface area contributed by atoms with E-state index < -0.39 is 47.9 Å². The standard InChI is InChI=1S/C34H46F2N2O7/c1-9-42-27-18-26(19-28(43-10-2)29(27)23(4)39)22(3)38(16-17-44-24(5)25-14-12-11-13-15-25)31(41)37-33(20-34(35,36)21-33)30(40)45-32(6,7)8/h11-15,18-19,22,24H,9-10,16-17,20-21H2,1-8H3,(H,37,41)/t22-,24+/m1/s1. The molecule has 1 aliphatic carbocycles. The maximum Gasteiger partial charge on any atom is 0.332 e. The summed E-state index contributed by atoms with van der Waals surface area (Å²) in [5.74, 6) is -3.69. The molecule has 2 aromatic rings. The zero-order chi connectivity index (χ0) is 33.6. The Labute approximate surface area is 264 Å². The Hall–Kier alpha value is -3.73. The zero-order valence-electron chi connectivity index (χ0n) is 27.5. The van der Waals surface area contributed by atoms with Crippen molar-refractivity contribution in [3.8, 4) is 11.5 Å². The number of carbonyl (C=O) groups excluding carboxylic acids is 3. The van der Waals surface area contributed by atoms with Crippen molar-refractivity contribution >= 4 is 17.8 Å². The summed E-state index contributed by atoms with van der Waals surface area (Å²) in [6.07, 6.45) is -2.03. The number of amides is 2. The molecular formula is C34H46F2N2O7. The number of ketones is 1. The normalized spacial score (nSPS) is 16.5. The summed E-state index contributed by atoms with van der Waals surface area (Å²) < 4.78 is 51.6. The van der Waals surface area contributed by atoms with Crippen molar-refractivity contribution in [2.75, 3.05) is 26.4 Å². The molecule has 0 saturated heterocycles. The van der Waals surface area contributed by atoms with Crippen LogP contribution in [0.4, 0.5) is 13.6 Å². The highest BCUT2D eigenvalue weighted by molar-refractivity contribution is 6.00. The number of nitrogens with one attached hydrogen (secondary N) is 1. The second-order valence-corrected chi connectivity index (χ2v) is 12.3. The largest absolute Gasteiger partial charge is 0.493 e. The van der Waals surface area contributed by atoms with E-state index in [1.54, 1.807) is 53.7 Å². The predicted molar refractivity (Wildman–Crippen MR) is 166 cm³/mol. The molecule has 0 heterocycles. The maximum absolute atomic E-state index is 14.2. The highest BCUT2D eigenvalue weighted by Gasteiger charge is 2.63. The molecule has 1 aliphatic rings. The molecule has 0 spiro atoms. The van der Waals surface area contributed by atoms with Gasteiger partial charge in [-0.25, -0.2) is 18.4 Å². The molecular weight excluding hydrogens is 586 g/mol. The molecule has 0 aliphatic heterocycles. The van der Waals surface area contributed by atoms with Gasteiger partial charge in [0.05, 0.1) is 32.0 Å². The van der Waals surface area contributed by atoms with E-state index in [0.717, 1.165) is 5.56 Å². The first-order valence-electron chi connectivity index (χ1n) is 15.3. The lowest BCUT2D eigenvalue weighted by molar-refractivity contribution is -0.190. The average Bonchev–Trinajstić information content (AvgIpc) is 2.93. The molecule has 2 aromatic carbocycles. The zero-order valence-corrected chi connectivity index (χ0v) is 27.5. The first-order chi connectivity index (χ1) is 21.0. The van der Waals surface area contributed by atoms with Crippen LogP contribution in [-0.4, -0.2) is 66.1 Å². The summed E-state index contributed by atoms with van der Waals surface area (Å²) in [7, 11) is 0. The Balaban J connectivity index is 1.98. The first-order valence-corrected chi connectivity index (χ1v) is 15.3. The molecule has 248 valence electrons. The molecule has 0 aromatic heterocycles. The van der Waals surface area contributed by atoms with Gasteiger partial charge in [0.15, 0.2) is 11.3 Å². The molecule has 2 amide bonds. The fraction of sp³-hybridized carbons (Fsp3) is 0.559. The minimum Gasteiger partial charge on any atom is -0.493 e. The Bertz CT molecular complexity index is 1310. The number of esters is 1. The minimum absolute atomic E-state index is 0.0490. The maximum atomic E-state index is 14.2. The number of hydrogen-bond donors (Lipinski definition) is 1. The second-order valence-electron chi connectivity index (χ2n) is 12.3. The van der Waals surface area contributed by atoms with Crippen molar-refractivity contribution in [3.63, 3.8) is 0 Å². The van der Waals surface area contributed by atoms with Gasteiger partial charge in [0.2, 0.25) is 0 Å². The minimum atomic E-state index is -3.13. The third-order valence-electron chi connectivity index (χ3n) is 7.48. The van der Waals surface area contributed by atoms with Gasteiger partial charge in [0, 0.05) is 19.4 Å². The van der Waals surface area contributed by atoms with E-state index in [4.69, 9.17) is 18.9 Å². The van der Waals surface area contributed by atoms with Crippen LogP contribution in [0.1, 0.15) is 102 Å². The van der Waals surface area contributed by atoms with Gasteiger partial charge in [0.1, 0.15) is 22.7 Å². The van der Waals surface area contributed by atoms with Crippen LogP contribution in [-0.2, 0) is 14.3 Å². The molecule has 1 saturated carbocycles. The summed E-state index contributed by atoms with van der Waals surface area (Å²) in [5.41, 5.74) is -1.03. The van der Waals surface area contributed by atoms with E-state index in [9.17, 15) is 23.2 Å².